The lowest BCUT2D eigenvalue weighted by Gasteiger charge is -2.11. The maximum atomic E-state index is 5.54. The van der Waals surface area contributed by atoms with E-state index in [-0.39, 0.29) is 6.10 Å². The van der Waals surface area contributed by atoms with Gasteiger partial charge in [-0.1, -0.05) is 26.1 Å². The van der Waals surface area contributed by atoms with E-state index in [1.54, 1.807) is 0 Å². The van der Waals surface area contributed by atoms with Gasteiger partial charge in [0.2, 0.25) is 0 Å². The van der Waals surface area contributed by atoms with Gasteiger partial charge in [-0.25, -0.2) is 0 Å². The molecule has 2 nitrogen and oxygen atoms in total. The Labute approximate surface area is 90.3 Å². The third kappa shape index (κ3) is 2.84. The fourth-order valence-corrected chi connectivity index (χ4v) is 1.39. The molecule has 0 atom stereocenters. The van der Waals surface area contributed by atoms with Crippen molar-refractivity contribution in [3.05, 3.63) is 22.5 Å². The van der Waals surface area contributed by atoms with Crippen molar-refractivity contribution in [2.75, 3.05) is 0 Å². The third-order valence-electron chi connectivity index (χ3n) is 1.88. The van der Waals surface area contributed by atoms with E-state index in [2.05, 4.69) is 18.8 Å². The molecule has 0 amide bonds. The van der Waals surface area contributed by atoms with Crippen molar-refractivity contribution < 1.29 is 4.74 Å². The first-order chi connectivity index (χ1) is 6.50. The van der Waals surface area contributed by atoms with Crippen LogP contribution >= 0.6 is 12.2 Å². The van der Waals surface area contributed by atoms with Gasteiger partial charge in [0.1, 0.15) is 4.64 Å². The quantitative estimate of drug-likeness (QED) is 0.772. The van der Waals surface area contributed by atoms with Gasteiger partial charge in [0.05, 0.1) is 6.10 Å². The number of ether oxygens (including phenoxy) is 1. The minimum atomic E-state index is 0.162. The highest BCUT2D eigenvalue weighted by Crippen LogP contribution is 2.18. The monoisotopic (exact) mass is 211 g/mol. The summed E-state index contributed by atoms with van der Waals surface area (Å²) >= 11 is 5.20. The van der Waals surface area contributed by atoms with Crippen molar-refractivity contribution in [3.63, 3.8) is 0 Å². The number of pyridine rings is 1. The molecule has 1 N–H and O–H groups in total. The fraction of sp³-hybridized carbons (Fsp3) is 0.545. The van der Waals surface area contributed by atoms with E-state index in [1.165, 1.54) is 0 Å². The summed E-state index contributed by atoms with van der Waals surface area (Å²) in [6.07, 6.45) is 0.162. The first kappa shape index (κ1) is 11.2. The van der Waals surface area contributed by atoms with E-state index in [0.29, 0.717) is 10.6 Å². The topological polar surface area (TPSA) is 25.0 Å². The highest BCUT2D eigenvalue weighted by atomic mass is 32.1. The number of rotatable bonds is 3. The van der Waals surface area contributed by atoms with Crippen LogP contribution < -0.4 is 4.74 Å². The Balaban J connectivity index is 2.96. The predicted octanol–water partition coefficient (Wildman–Crippen LogP) is 3.65. The molecule has 0 aromatic carbocycles. The SMILES string of the molecule is CC(C)Oc1ccc(C(C)C)[nH]c1=S. The van der Waals surface area contributed by atoms with Gasteiger partial charge in [-0.2, -0.15) is 0 Å². The molecule has 0 spiro atoms. The molecular formula is C11H17NOS. The van der Waals surface area contributed by atoms with Crippen LogP contribution in [0.5, 0.6) is 5.75 Å². The molecule has 0 saturated carbocycles. The van der Waals surface area contributed by atoms with Gasteiger partial charge in [0.15, 0.2) is 5.75 Å². The second kappa shape index (κ2) is 4.60. The zero-order valence-corrected chi connectivity index (χ0v) is 9.94. The number of aromatic nitrogens is 1. The van der Waals surface area contributed by atoms with Crippen LogP contribution in [0.3, 0.4) is 0 Å². The Bertz CT molecular complexity index is 355. The predicted molar refractivity (Wildman–Crippen MR) is 61.5 cm³/mol. The zero-order chi connectivity index (χ0) is 10.7. The van der Waals surface area contributed by atoms with Gasteiger partial charge >= 0.3 is 0 Å². The van der Waals surface area contributed by atoms with Gasteiger partial charge in [-0.15, -0.1) is 0 Å². The van der Waals surface area contributed by atoms with Crippen LogP contribution in [0.1, 0.15) is 39.3 Å². The van der Waals surface area contributed by atoms with Crippen molar-refractivity contribution in [2.45, 2.75) is 39.7 Å². The highest BCUT2D eigenvalue weighted by molar-refractivity contribution is 7.71. The standard InChI is InChI=1S/C11H17NOS/c1-7(2)9-5-6-10(11(14)12-9)13-8(3)4/h5-8H,1-4H3,(H,12,14). The van der Waals surface area contributed by atoms with E-state index in [4.69, 9.17) is 17.0 Å². The number of nitrogens with one attached hydrogen (secondary N) is 1. The molecule has 3 heteroatoms. The third-order valence-corrected chi connectivity index (χ3v) is 2.18. The van der Waals surface area contributed by atoms with Crippen molar-refractivity contribution in [1.82, 2.24) is 4.98 Å². The molecule has 0 saturated heterocycles. The average Bonchev–Trinajstić information content (AvgIpc) is 2.07. The molecule has 0 unspecified atom stereocenters. The molecule has 1 rings (SSSR count). The van der Waals surface area contributed by atoms with Crippen molar-refractivity contribution >= 4 is 12.2 Å². The lowest BCUT2D eigenvalue weighted by Crippen LogP contribution is -2.06. The minimum absolute atomic E-state index is 0.162. The van der Waals surface area contributed by atoms with Crippen LogP contribution in [0.2, 0.25) is 0 Å². The van der Waals surface area contributed by atoms with Crippen molar-refractivity contribution in [1.29, 1.82) is 0 Å². The summed E-state index contributed by atoms with van der Waals surface area (Å²) in [5, 5.41) is 0. The largest absolute Gasteiger partial charge is 0.488 e. The molecule has 0 fully saturated rings. The van der Waals surface area contributed by atoms with Gasteiger partial charge < -0.3 is 9.72 Å². The molecule has 1 aromatic rings. The van der Waals surface area contributed by atoms with Crippen LogP contribution in [0, 0.1) is 4.64 Å². The minimum Gasteiger partial charge on any atom is -0.488 e. The molecule has 1 aromatic heterocycles. The lowest BCUT2D eigenvalue weighted by molar-refractivity contribution is 0.240. The summed E-state index contributed by atoms with van der Waals surface area (Å²) in [6, 6.07) is 3.96. The van der Waals surface area contributed by atoms with Crippen LogP contribution in [-0.2, 0) is 0 Å². The summed E-state index contributed by atoms with van der Waals surface area (Å²) in [7, 11) is 0. The van der Waals surface area contributed by atoms with Gasteiger partial charge in [-0.05, 0) is 31.9 Å². The molecule has 0 bridgehead atoms. The zero-order valence-electron chi connectivity index (χ0n) is 9.13. The maximum Gasteiger partial charge on any atom is 0.154 e. The van der Waals surface area contributed by atoms with Crippen molar-refractivity contribution in [2.24, 2.45) is 0 Å². The first-order valence-corrected chi connectivity index (χ1v) is 5.31. The van der Waals surface area contributed by atoms with Gasteiger partial charge in [0, 0.05) is 5.69 Å². The van der Waals surface area contributed by atoms with E-state index in [0.717, 1.165) is 11.4 Å². The van der Waals surface area contributed by atoms with E-state index >= 15 is 0 Å². The van der Waals surface area contributed by atoms with Crippen LogP contribution in [0.4, 0.5) is 0 Å². The number of H-pyrrole nitrogens is 1. The molecule has 1 heterocycles. The smallest absolute Gasteiger partial charge is 0.154 e. The Morgan fingerprint density at radius 1 is 1.21 bits per heavy atom. The van der Waals surface area contributed by atoms with Crippen LogP contribution in [0.25, 0.3) is 0 Å². The molecule has 0 aliphatic heterocycles. The molecule has 14 heavy (non-hydrogen) atoms. The second-order valence-electron chi connectivity index (χ2n) is 3.93. The van der Waals surface area contributed by atoms with Crippen LogP contribution in [-0.4, -0.2) is 11.1 Å². The lowest BCUT2D eigenvalue weighted by atomic mass is 10.1. The summed E-state index contributed by atoms with van der Waals surface area (Å²) in [5.74, 6) is 1.23. The number of hydrogen-bond acceptors (Lipinski definition) is 2. The Morgan fingerprint density at radius 2 is 1.86 bits per heavy atom. The second-order valence-corrected chi connectivity index (χ2v) is 4.34. The molecule has 0 aliphatic carbocycles. The normalized spacial score (nSPS) is 11.0. The fourth-order valence-electron chi connectivity index (χ4n) is 1.16. The maximum absolute atomic E-state index is 5.54. The number of hydrogen-bond donors (Lipinski definition) is 1. The summed E-state index contributed by atoms with van der Waals surface area (Å²) in [6.45, 7) is 8.24. The van der Waals surface area contributed by atoms with E-state index in [9.17, 15) is 0 Å². The molecular weight excluding hydrogens is 194 g/mol. The van der Waals surface area contributed by atoms with Crippen LogP contribution in [0.15, 0.2) is 12.1 Å². The van der Waals surface area contributed by atoms with Gasteiger partial charge in [0.25, 0.3) is 0 Å². The van der Waals surface area contributed by atoms with Crippen molar-refractivity contribution in [3.8, 4) is 5.75 Å². The highest BCUT2D eigenvalue weighted by Gasteiger charge is 2.03. The Morgan fingerprint density at radius 3 is 2.29 bits per heavy atom. The Hall–Kier alpha value is -0.830. The number of aromatic amines is 1. The van der Waals surface area contributed by atoms with E-state index in [1.807, 2.05) is 26.0 Å². The summed E-state index contributed by atoms with van der Waals surface area (Å²) in [5.41, 5.74) is 1.14. The Kier molecular flexibility index (Phi) is 3.69. The van der Waals surface area contributed by atoms with E-state index < -0.39 is 0 Å². The molecule has 0 radical (unpaired) electrons. The average molecular weight is 211 g/mol. The summed E-state index contributed by atoms with van der Waals surface area (Å²) < 4.78 is 6.23. The summed E-state index contributed by atoms with van der Waals surface area (Å²) in [4.78, 5) is 3.17. The molecule has 0 aliphatic rings. The van der Waals surface area contributed by atoms with Gasteiger partial charge in [-0.3, -0.25) is 0 Å². The first-order valence-electron chi connectivity index (χ1n) is 4.90. The molecule has 78 valence electrons.